The third kappa shape index (κ3) is 10.9. The number of rotatable bonds is 6. The molecule has 3 nitrogen and oxygen atoms in total. The molecule has 18 heavy (non-hydrogen) atoms. The van der Waals surface area contributed by atoms with Crippen LogP contribution in [0.25, 0.3) is 0 Å². The lowest BCUT2D eigenvalue weighted by Gasteiger charge is -2.17. The van der Waals surface area contributed by atoms with Crippen LogP contribution in [0.4, 0.5) is 13.2 Å². The van der Waals surface area contributed by atoms with Gasteiger partial charge in [-0.3, -0.25) is 4.99 Å². The summed E-state index contributed by atoms with van der Waals surface area (Å²) in [5.74, 6) is 0.956. The summed E-state index contributed by atoms with van der Waals surface area (Å²) in [6.45, 7) is 4.77. The van der Waals surface area contributed by atoms with Crippen LogP contribution in [0.2, 0.25) is 0 Å². The maximum absolute atomic E-state index is 11.9. The van der Waals surface area contributed by atoms with Crippen LogP contribution in [0.15, 0.2) is 4.99 Å². The number of hydrogen-bond acceptors (Lipinski definition) is 1. The summed E-state index contributed by atoms with van der Waals surface area (Å²) in [5, 5.41) is 5.68. The number of nitrogens with one attached hydrogen (secondary N) is 2. The molecule has 0 aromatic carbocycles. The molecule has 2 N–H and O–H groups in total. The highest BCUT2D eigenvalue weighted by Crippen LogP contribution is 2.18. The van der Waals surface area contributed by atoms with Crippen molar-refractivity contribution in [2.45, 2.75) is 39.3 Å². The van der Waals surface area contributed by atoms with Gasteiger partial charge in [0.05, 0.1) is 6.42 Å². The largest absolute Gasteiger partial charge is 0.390 e. The van der Waals surface area contributed by atoms with E-state index in [1.807, 2.05) is 0 Å². The highest BCUT2D eigenvalue weighted by Gasteiger charge is 2.26. The van der Waals surface area contributed by atoms with Crippen molar-refractivity contribution in [3.8, 4) is 0 Å². The zero-order chi connectivity index (χ0) is 13.3. The number of aliphatic imine (C=N–C) groups is 1. The van der Waals surface area contributed by atoms with Gasteiger partial charge in [0.2, 0.25) is 0 Å². The predicted octanol–water partition coefficient (Wildman–Crippen LogP) is 3.16. The zero-order valence-corrected chi connectivity index (χ0v) is 13.4. The van der Waals surface area contributed by atoms with E-state index in [9.17, 15) is 13.2 Å². The van der Waals surface area contributed by atoms with E-state index in [0.717, 1.165) is 19.4 Å². The predicted molar refractivity (Wildman–Crippen MR) is 79.5 cm³/mol. The minimum Gasteiger partial charge on any atom is -0.356 e. The first kappa shape index (κ1) is 20.1. The standard InChI is InChI=1S/C11H22F3N3.HI/c1-4-9(5-2)8-17-10(15-3)16-7-6-11(12,13)14;/h9H,4-8H2,1-3H3,(H2,15,16,17);1H. The molecule has 110 valence electrons. The second-order valence-corrected chi connectivity index (χ2v) is 3.93. The fourth-order valence-corrected chi connectivity index (χ4v) is 1.36. The SMILES string of the molecule is CCC(CC)CNC(=NC)NCCC(F)(F)F.I. The third-order valence-corrected chi connectivity index (χ3v) is 2.64. The fourth-order valence-electron chi connectivity index (χ4n) is 1.36. The van der Waals surface area contributed by atoms with Crippen molar-refractivity contribution < 1.29 is 13.2 Å². The maximum atomic E-state index is 11.9. The molecule has 0 radical (unpaired) electrons. The van der Waals surface area contributed by atoms with Gasteiger partial charge in [-0.1, -0.05) is 26.7 Å². The third-order valence-electron chi connectivity index (χ3n) is 2.64. The highest BCUT2D eigenvalue weighted by molar-refractivity contribution is 14.0. The molecule has 0 saturated heterocycles. The quantitative estimate of drug-likeness (QED) is 0.421. The average molecular weight is 381 g/mol. The number of alkyl halides is 3. The van der Waals surface area contributed by atoms with Crippen molar-refractivity contribution >= 4 is 29.9 Å². The average Bonchev–Trinajstić information content (AvgIpc) is 2.26. The Labute approximate surface area is 124 Å². The molecule has 0 aliphatic heterocycles. The van der Waals surface area contributed by atoms with Gasteiger partial charge < -0.3 is 10.6 Å². The monoisotopic (exact) mass is 381 g/mol. The Hall–Kier alpha value is -0.210. The summed E-state index contributed by atoms with van der Waals surface area (Å²) >= 11 is 0. The Morgan fingerprint density at radius 1 is 1.17 bits per heavy atom. The van der Waals surface area contributed by atoms with Crippen LogP contribution in [0, 0.1) is 5.92 Å². The summed E-state index contributed by atoms with van der Waals surface area (Å²) in [7, 11) is 1.55. The molecule has 0 bridgehead atoms. The Balaban J connectivity index is 0. The van der Waals surface area contributed by atoms with Gasteiger partial charge in [-0.05, 0) is 5.92 Å². The summed E-state index contributed by atoms with van der Waals surface area (Å²) in [6.07, 6.45) is -2.88. The van der Waals surface area contributed by atoms with Gasteiger partial charge >= 0.3 is 6.18 Å². The van der Waals surface area contributed by atoms with Gasteiger partial charge in [-0.2, -0.15) is 13.2 Å². The smallest absolute Gasteiger partial charge is 0.356 e. The van der Waals surface area contributed by atoms with Crippen molar-refractivity contribution in [1.29, 1.82) is 0 Å². The van der Waals surface area contributed by atoms with Gasteiger partial charge in [0.1, 0.15) is 0 Å². The van der Waals surface area contributed by atoms with Crippen LogP contribution in [0.3, 0.4) is 0 Å². The minimum absolute atomic E-state index is 0. The molecule has 0 heterocycles. The second kappa shape index (κ2) is 10.7. The van der Waals surface area contributed by atoms with E-state index in [1.165, 1.54) is 0 Å². The molecule has 0 aliphatic carbocycles. The Morgan fingerprint density at radius 3 is 2.11 bits per heavy atom. The van der Waals surface area contributed by atoms with Crippen LogP contribution in [0.1, 0.15) is 33.1 Å². The molecule has 0 fully saturated rings. The summed E-state index contributed by atoms with van der Waals surface area (Å²) in [6, 6.07) is 0. The van der Waals surface area contributed by atoms with E-state index < -0.39 is 12.6 Å². The first-order valence-corrected chi connectivity index (χ1v) is 5.94. The van der Waals surface area contributed by atoms with Gasteiger partial charge in [0, 0.05) is 20.1 Å². The van der Waals surface area contributed by atoms with Crippen molar-refractivity contribution in [2.24, 2.45) is 10.9 Å². The number of halogens is 4. The van der Waals surface area contributed by atoms with E-state index in [1.54, 1.807) is 7.05 Å². The Morgan fingerprint density at radius 2 is 1.72 bits per heavy atom. The number of guanidine groups is 1. The minimum atomic E-state index is -4.12. The van der Waals surface area contributed by atoms with Crippen LogP contribution in [-0.2, 0) is 0 Å². The lowest BCUT2D eigenvalue weighted by Crippen LogP contribution is -2.40. The molecular weight excluding hydrogens is 358 g/mol. The van der Waals surface area contributed by atoms with Crippen molar-refractivity contribution in [3.05, 3.63) is 0 Å². The fraction of sp³-hybridized carbons (Fsp3) is 0.909. The van der Waals surface area contributed by atoms with Gasteiger partial charge in [0.25, 0.3) is 0 Å². The molecule has 0 atom stereocenters. The second-order valence-electron chi connectivity index (χ2n) is 3.93. The molecule has 0 unspecified atom stereocenters. The number of hydrogen-bond donors (Lipinski definition) is 2. The molecule has 0 aromatic heterocycles. The van der Waals surface area contributed by atoms with Gasteiger partial charge in [-0.15, -0.1) is 24.0 Å². The first-order chi connectivity index (χ1) is 7.92. The van der Waals surface area contributed by atoms with E-state index in [-0.39, 0.29) is 30.5 Å². The van der Waals surface area contributed by atoms with Crippen molar-refractivity contribution in [1.82, 2.24) is 10.6 Å². The van der Waals surface area contributed by atoms with Crippen LogP contribution in [0.5, 0.6) is 0 Å². The summed E-state index contributed by atoms with van der Waals surface area (Å²) in [4.78, 5) is 3.88. The van der Waals surface area contributed by atoms with Gasteiger partial charge in [0.15, 0.2) is 5.96 Å². The van der Waals surface area contributed by atoms with E-state index in [2.05, 4.69) is 29.5 Å². The molecular formula is C11H23F3IN3. The van der Waals surface area contributed by atoms with Crippen LogP contribution in [-0.4, -0.2) is 32.3 Å². The van der Waals surface area contributed by atoms with Gasteiger partial charge in [-0.25, -0.2) is 0 Å². The van der Waals surface area contributed by atoms with Crippen molar-refractivity contribution in [3.63, 3.8) is 0 Å². The summed E-state index contributed by atoms with van der Waals surface area (Å²) in [5.41, 5.74) is 0. The normalized spacial score (nSPS) is 12.3. The molecule has 0 amide bonds. The van der Waals surface area contributed by atoms with Crippen LogP contribution >= 0.6 is 24.0 Å². The topological polar surface area (TPSA) is 36.4 Å². The maximum Gasteiger partial charge on any atom is 0.390 e. The lowest BCUT2D eigenvalue weighted by atomic mass is 10.0. The molecule has 0 saturated carbocycles. The Kier molecular flexibility index (Phi) is 11.9. The summed E-state index contributed by atoms with van der Waals surface area (Å²) < 4.78 is 35.8. The highest BCUT2D eigenvalue weighted by atomic mass is 127. The van der Waals surface area contributed by atoms with E-state index >= 15 is 0 Å². The molecule has 0 aromatic rings. The van der Waals surface area contributed by atoms with Crippen LogP contribution < -0.4 is 10.6 Å². The molecule has 0 aliphatic rings. The molecule has 0 rings (SSSR count). The zero-order valence-electron chi connectivity index (χ0n) is 11.1. The van der Waals surface area contributed by atoms with Crippen molar-refractivity contribution in [2.75, 3.05) is 20.1 Å². The van der Waals surface area contributed by atoms with E-state index in [0.29, 0.717) is 11.9 Å². The lowest BCUT2D eigenvalue weighted by molar-refractivity contribution is -0.132. The molecule has 7 heteroatoms. The Bertz CT molecular complexity index is 228. The first-order valence-electron chi connectivity index (χ1n) is 5.94. The van der Waals surface area contributed by atoms with E-state index in [4.69, 9.17) is 0 Å². The molecule has 0 spiro atoms. The number of nitrogens with zero attached hydrogens (tertiary/aromatic N) is 1.